The minimum absolute atomic E-state index is 0.0678. The van der Waals surface area contributed by atoms with Gasteiger partial charge in [0.2, 0.25) is 11.8 Å². The molecule has 2 amide bonds. The molecule has 1 atom stereocenters. The lowest BCUT2D eigenvalue weighted by molar-refractivity contribution is -0.143. The molecule has 2 aliphatic rings. The number of carbonyl (C=O) groups is 2. The summed E-state index contributed by atoms with van der Waals surface area (Å²) in [5.74, 6) is 0.412. The standard InChI is InChI=1S/C24H30N4O2/c29-23(17-22-10-4-5-11-25-22)27-13-15-28(16-14-27)24(30)21-9-6-12-26(19-21)18-20-7-2-1-3-8-20/h1-5,7-8,10-11,21H,6,9,12-19H2. The van der Waals surface area contributed by atoms with Crippen molar-refractivity contribution in [3.8, 4) is 0 Å². The number of rotatable bonds is 5. The zero-order valence-electron chi connectivity index (χ0n) is 17.4. The third-order valence-electron chi connectivity index (χ3n) is 6.11. The van der Waals surface area contributed by atoms with Crippen molar-refractivity contribution in [3.63, 3.8) is 0 Å². The van der Waals surface area contributed by atoms with Gasteiger partial charge in [0, 0.05) is 51.2 Å². The molecule has 2 aliphatic heterocycles. The van der Waals surface area contributed by atoms with Crippen LogP contribution in [0.3, 0.4) is 0 Å². The Balaban J connectivity index is 1.26. The van der Waals surface area contributed by atoms with E-state index >= 15 is 0 Å². The highest BCUT2D eigenvalue weighted by molar-refractivity contribution is 5.81. The van der Waals surface area contributed by atoms with Crippen LogP contribution in [0, 0.1) is 5.92 Å². The Morgan fingerprint density at radius 3 is 2.37 bits per heavy atom. The van der Waals surface area contributed by atoms with Crippen molar-refractivity contribution < 1.29 is 9.59 Å². The number of aromatic nitrogens is 1. The van der Waals surface area contributed by atoms with Gasteiger partial charge >= 0.3 is 0 Å². The lowest BCUT2D eigenvalue weighted by atomic mass is 9.95. The van der Waals surface area contributed by atoms with Gasteiger partial charge in [-0.15, -0.1) is 0 Å². The maximum absolute atomic E-state index is 13.1. The van der Waals surface area contributed by atoms with E-state index in [-0.39, 0.29) is 17.7 Å². The Bertz CT molecular complexity index is 835. The molecule has 2 saturated heterocycles. The van der Waals surface area contributed by atoms with Crippen molar-refractivity contribution in [2.45, 2.75) is 25.8 Å². The fourth-order valence-electron chi connectivity index (χ4n) is 4.45. The molecule has 4 rings (SSSR count). The molecule has 6 nitrogen and oxygen atoms in total. The molecule has 158 valence electrons. The van der Waals surface area contributed by atoms with Gasteiger partial charge in [-0.2, -0.15) is 0 Å². The highest BCUT2D eigenvalue weighted by Crippen LogP contribution is 2.21. The van der Waals surface area contributed by atoms with Gasteiger partial charge in [0.1, 0.15) is 0 Å². The van der Waals surface area contributed by atoms with Gasteiger partial charge in [-0.05, 0) is 37.1 Å². The number of nitrogens with zero attached hydrogens (tertiary/aromatic N) is 4. The molecule has 0 radical (unpaired) electrons. The van der Waals surface area contributed by atoms with Crippen LogP contribution in [-0.4, -0.2) is 70.8 Å². The second-order valence-corrected chi connectivity index (χ2v) is 8.26. The van der Waals surface area contributed by atoms with Crippen molar-refractivity contribution in [2.75, 3.05) is 39.3 Å². The molecule has 0 bridgehead atoms. The average Bonchev–Trinajstić information content (AvgIpc) is 2.80. The van der Waals surface area contributed by atoms with E-state index < -0.39 is 0 Å². The van der Waals surface area contributed by atoms with Gasteiger partial charge in [-0.25, -0.2) is 0 Å². The number of hydrogen-bond donors (Lipinski definition) is 0. The van der Waals surface area contributed by atoms with Crippen LogP contribution in [-0.2, 0) is 22.6 Å². The molecule has 30 heavy (non-hydrogen) atoms. The number of piperidine rings is 1. The van der Waals surface area contributed by atoms with Gasteiger partial charge in [0.05, 0.1) is 12.3 Å². The van der Waals surface area contributed by atoms with Gasteiger partial charge in [-0.3, -0.25) is 19.5 Å². The predicted molar refractivity (Wildman–Crippen MR) is 116 cm³/mol. The van der Waals surface area contributed by atoms with Crippen LogP contribution >= 0.6 is 0 Å². The molecule has 6 heteroatoms. The van der Waals surface area contributed by atoms with Crippen molar-refractivity contribution in [3.05, 3.63) is 66.0 Å². The van der Waals surface area contributed by atoms with E-state index in [2.05, 4.69) is 34.1 Å². The summed E-state index contributed by atoms with van der Waals surface area (Å²) >= 11 is 0. The summed E-state index contributed by atoms with van der Waals surface area (Å²) in [6, 6.07) is 16.1. The van der Waals surface area contributed by atoms with Crippen LogP contribution in [0.15, 0.2) is 54.7 Å². The fraction of sp³-hybridized carbons (Fsp3) is 0.458. The molecule has 3 heterocycles. The maximum Gasteiger partial charge on any atom is 0.228 e. The molecule has 1 aromatic heterocycles. The first kappa shape index (κ1) is 20.5. The summed E-state index contributed by atoms with van der Waals surface area (Å²) in [6.07, 6.45) is 4.06. The minimum Gasteiger partial charge on any atom is -0.339 e. The third-order valence-corrected chi connectivity index (χ3v) is 6.11. The second-order valence-electron chi connectivity index (χ2n) is 8.26. The lowest BCUT2D eigenvalue weighted by Gasteiger charge is -2.39. The van der Waals surface area contributed by atoms with Crippen LogP contribution in [0.5, 0.6) is 0 Å². The zero-order valence-corrected chi connectivity index (χ0v) is 17.4. The Morgan fingerprint density at radius 1 is 0.900 bits per heavy atom. The van der Waals surface area contributed by atoms with E-state index in [4.69, 9.17) is 0 Å². The van der Waals surface area contributed by atoms with Gasteiger partial charge in [-0.1, -0.05) is 36.4 Å². The van der Waals surface area contributed by atoms with Crippen molar-refractivity contribution in [1.29, 1.82) is 0 Å². The number of amides is 2. The Labute approximate surface area is 178 Å². The predicted octanol–water partition coefficient (Wildman–Crippen LogP) is 2.21. The van der Waals surface area contributed by atoms with E-state index in [1.165, 1.54) is 5.56 Å². The summed E-state index contributed by atoms with van der Waals surface area (Å²) < 4.78 is 0. The Morgan fingerprint density at radius 2 is 1.63 bits per heavy atom. The maximum atomic E-state index is 13.1. The number of carbonyl (C=O) groups excluding carboxylic acids is 2. The molecule has 0 spiro atoms. The fourth-order valence-corrected chi connectivity index (χ4v) is 4.45. The number of benzene rings is 1. The molecule has 2 aromatic rings. The van der Waals surface area contributed by atoms with Crippen LogP contribution < -0.4 is 0 Å². The molecule has 0 saturated carbocycles. The number of likely N-dealkylation sites (tertiary alicyclic amines) is 1. The molecule has 2 fully saturated rings. The van der Waals surface area contributed by atoms with Crippen LogP contribution in [0.1, 0.15) is 24.1 Å². The smallest absolute Gasteiger partial charge is 0.228 e. The highest BCUT2D eigenvalue weighted by atomic mass is 16.2. The van der Waals surface area contributed by atoms with E-state index in [0.717, 1.165) is 38.2 Å². The SMILES string of the molecule is O=C(Cc1ccccn1)N1CCN(C(=O)C2CCCN(Cc3ccccc3)C2)CC1. The molecule has 1 unspecified atom stereocenters. The molecule has 0 aliphatic carbocycles. The first-order valence-electron chi connectivity index (χ1n) is 10.9. The monoisotopic (exact) mass is 406 g/mol. The number of pyridine rings is 1. The van der Waals surface area contributed by atoms with Gasteiger partial charge < -0.3 is 9.80 Å². The average molecular weight is 407 g/mol. The summed E-state index contributed by atoms with van der Waals surface area (Å²) in [7, 11) is 0. The number of hydrogen-bond acceptors (Lipinski definition) is 4. The molecule has 1 aromatic carbocycles. The topological polar surface area (TPSA) is 56.8 Å². The summed E-state index contributed by atoms with van der Waals surface area (Å²) in [4.78, 5) is 36.1. The first-order valence-corrected chi connectivity index (χ1v) is 10.9. The number of piperazine rings is 1. The Kier molecular flexibility index (Phi) is 6.74. The molecular weight excluding hydrogens is 376 g/mol. The quantitative estimate of drug-likeness (QED) is 0.764. The Hall–Kier alpha value is -2.73. The summed E-state index contributed by atoms with van der Waals surface area (Å²) in [6.45, 7) is 5.25. The van der Waals surface area contributed by atoms with Crippen LogP contribution in [0.4, 0.5) is 0 Å². The first-order chi connectivity index (χ1) is 14.7. The largest absolute Gasteiger partial charge is 0.339 e. The lowest BCUT2D eigenvalue weighted by Crippen LogP contribution is -2.53. The molecular formula is C24H30N4O2. The third kappa shape index (κ3) is 5.25. The highest BCUT2D eigenvalue weighted by Gasteiger charge is 2.31. The van der Waals surface area contributed by atoms with Crippen molar-refractivity contribution in [1.82, 2.24) is 19.7 Å². The van der Waals surface area contributed by atoms with Gasteiger partial charge in [0.15, 0.2) is 0 Å². The zero-order chi connectivity index (χ0) is 20.8. The molecule has 0 N–H and O–H groups in total. The van der Waals surface area contributed by atoms with Gasteiger partial charge in [0.25, 0.3) is 0 Å². The van der Waals surface area contributed by atoms with E-state index in [9.17, 15) is 9.59 Å². The summed E-state index contributed by atoms with van der Waals surface area (Å²) in [5.41, 5.74) is 2.09. The minimum atomic E-state index is 0.0678. The van der Waals surface area contributed by atoms with Crippen LogP contribution in [0.25, 0.3) is 0 Å². The second kappa shape index (κ2) is 9.85. The van der Waals surface area contributed by atoms with E-state index in [1.54, 1.807) is 6.20 Å². The normalized spacial score (nSPS) is 20.2. The van der Waals surface area contributed by atoms with Crippen molar-refractivity contribution in [2.24, 2.45) is 5.92 Å². The van der Waals surface area contributed by atoms with Crippen LogP contribution in [0.2, 0.25) is 0 Å². The van der Waals surface area contributed by atoms with E-state index in [1.807, 2.05) is 34.1 Å². The summed E-state index contributed by atoms with van der Waals surface area (Å²) in [5, 5.41) is 0. The van der Waals surface area contributed by atoms with Crippen molar-refractivity contribution >= 4 is 11.8 Å². The van der Waals surface area contributed by atoms with E-state index in [0.29, 0.717) is 32.6 Å².